The van der Waals surface area contributed by atoms with Crippen molar-refractivity contribution in [2.45, 2.75) is 31.7 Å². The van der Waals surface area contributed by atoms with E-state index < -0.39 is 11.9 Å². The van der Waals surface area contributed by atoms with E-state index in [1.54, 1.807) is 17.9 Å². The van der Waals surface area contributed by atoms with Crippen LogP contribution in [-0.4, -0.2) is 62.6 Å². The molecular formula is C21H22N4O4S. The first-order valence-electron chi connectivity index (χ1n) is 9.84. The standard InChI is InChI=1S/C21H22N4O4S/c1-12(25-17(26)11-30-21(25)29)20(28)24-8-6-13(7-9-24)18-15(19(22)27)10-14-4-2-3-5-16(14)23-18/h2-5,10,12-13H,6-9,11H2,1H3,(H2,22,27). The molecule has 0 spiro atoms. The lowest BCUT2D eigenvalue weighted by atomic mass is 9.89. The summed E-state index contributed by atoms with van der Waals surface area (Å²) in [6.45, 7) is 2.51. The highest BCUT2D eigenvalue weighted by atomic mass is 32.2. The fourth-order valence-corrected chi connectivity index (χ4v) is 4.91. The van der Waals surface area contributed by atoms with E-state index in [2.05, 4.69) is 0 Å². The molecule has 0 aliphatic carbocycles. The maximum Gasteiger partial charge on any atom is 0.289 e. The molecule has 4 rings (SSSR count). The number of aromatic nitrogens is 1. The van der Waals surface area contributed by atoms with Crippen molar-refractivity contribution < 1.29 is 19.2 Å². The minimum absolute atomic E-state index is 0.00192. The van der Waals surface area contributed by atoms with Crippen molar-refractivity contribution in [3.8, 4) is 0 Å². The molecular weight excluding hydrogens is 404 g/mol. The molecule has 30 heavy (non-hydrogen) atoms. The van der Waals surface area contributed by atoms with Crippen molar-refractivity contribution in [1.82, 2.24) is 14.8 Å². The fourth-order valence-electron chi connectivity index (χ4n) is 4.13. The minimum atomic E-state index is -0.809. The van der Waals surface area contributed by atoms with E-state index >= 15 is 0 Å². The third-order valence-corrected chi connectivity index (χ3v) is 6.58. The Morgan fingerprint density at radius 3 is 2.53 bits per heavy atom. The maximum atomic E-state index is 12.9. The van der Waals surface area contributed by atoms with Crippen molar-refractivity contribution in [3.05, 3.63) is 41.6 Å². The highest BCUT2D eigenvalue weighted by Crippen LogP contribution is 2.32. The number of nitrogens with two attached hydrogens (primary N) is 1. The molecule has 2 aromatic rings. The molecule has 2 fully saturated rings. The zero-order valence-corrected chi connectivity index (χ0v) is 17.4. The van der Waals surface area contributed by atoms with Crippen LogP contribution < -0.4 is 5.73 Å². The van der Waals surface area contributed by atoms with Crippen LogP contribution in [0.1, 0.15) is 41.7 Å². The Labute approximate surface area is 177 Å². The predicted molar refractivity (Wildman–Crippen MR) is 113 cm³/mol. The maximum absolute atomic E-state index is 12.9. The molecule has 2 N–H and O–H groups in total. The van der Waals surface area contributed by atoms with Crippen LogP contribution in [-0.2, 0) is 9.59 Å². The lowest BCUT2D eigenvalue weighted by Crippen LogP contribution is -2.50. The van der Waals surface area contributed by atoms with Crippen LogP contribution in [0.5, 0.6) is 0 Å². The molecule has 1 aromatic heterocycles. The van der Waals surface area contributed by atoms with Gasteiger partial charge in [0.2, 0.25) is 11.8 Å². The summed E-state index contributed by atoms with van der Waals surface area (Å²) in [6, 6.07) is 8.53. The molecule has 2 saturated heterocycles. The third-order valence-electron chi connectivity index (χ3n) is 5.74. The van der Waals surface area contributed by atoms with Gasteiger partial charge in [-0.15, -0.1) is 0 Å². The number of para-hydroxylation sites is 1. The Balaban J connectivity index is 1.50. The van der Waals surface area contributed by atoms with Crippen LogP contribution in [0.4, 0.5) is 4.79 Å². The first kappa shape index (κ1) is 20.3. The van der Waals surface area contributed by atoms with Gasteiger partial charge in [-0.05, 0) is 31.9 Å². The Kier molecular flexibility index (Phi) is 5.46. The van der Waals surface area contributed by atoms with E-state index in [9.17, 15) is 19.2 Å². The van der Waals surface area contributed by atoms with Gasteiger partial charge < -0.3 is 10.6 Å². The summed E-state index contributed by atoms with van der Waals surface area (Å²) in [4.78, 5) is 56.1. The third kappa shape index (κ3) is 3.65. The van der Waals surface area contributed by atoms with Crippen molar-refractivity contribution in [2.24, 2.45) is 5.73 Å². The number of amides is 4. The summed E-state index contributed by atoms with van der Waals surface area (Å²) >= 11 is 0.923. The number of carbonyl (C=O) groups is 4. The van der Waals surface area contributed by atoms with Gasteiger partial charge in [0.05, 0.1) is 22.5 Å². The number of hydrogen-bond donors (Lipinski definition) is 1. The predicted octanol–water partition coefficient (Wildman–Crippen LogP) is 2.12. The van der Waals surface area contributed by atoms with E-state index in [4.69, 9.17) is 10.7 Å². The van der Waals surface area contributed by atoms with Crippen molar-refractivity contribution in [3.63, 3.8) is 0 Å². The average molecular weight is 426 g/mol. The second-order valence-electron chi connectivity index (χ2n) is 7.57. The number of imide groups is 1. The van der Waals surface area contributed by atoms with Crippen molar-refractivity contribution >= 4 is 45.6 Å². The number of pyridine rings is 1. The van der Waals surface area contributed by atoms with Crippen LogP contribution in [0, 0.1) is 0 Å². The number of fused-ring (bicyclic) bond motifs is 1. The van der Waals surface area contributed by atoms with Gasteiger partial charge in [-0.25, -0.2) is 0 Å². The van der Waals surface area contributed by atoms with Gasteiger partial charge in [0.15, 0.2) is 0 Å². The largest absolute Gasteiger partial charge is 0.366 e. The van der Waals surface area contributed by atoms with E-state index in [-0.39, 0.29) is 28.7 Å². The van der Waals surface area contributed by atoms with E-state index in [1.165, 1.54) is 0 Å². The van der Waals surface area contributed by atoms with E-state index in [1.807, 2.05) is 24.3 Å². The van der Waals surface area contributed by atoms with Crippen LogP contribution >= 0.6 is 11.8 Å². The highest BCUT2D eigenvalue weighted by Gasteiger charge is 2.39. The fraction of sp³-hybridized carbons (Fsp3) is 0.381. The molecule has 8 nitrogen and oxygen atoms in total. The summed E-state index contributed by atoms with van der Waals surface area (Å²) in [5.74, 6) is -0.991. The summed E-state index contributed by atoms with van der Waals surface area (Å²) < 4.78 is 0. The number of rotatable bonds is 4. The molecule has 3 heterocycles. The Morgan fingerprint density at radius 2 is 1.90 bits per heavy atom. The number of primary amides is 1. The molecule has 2 aliphatic rings. The first-order chi connectivity index (χ1) is 14.4. The second kappa shape index (κ2) is 8.06. The summed E-state index contributed by atoms with van der Waals surface area (Å²) in [7, 11) is 0. The number of benzene rings is 1. The lowest BCUT2D eigenvalue weighted by Gasteiger charge is -2.35. The zero-order valence-electron chi connectivity index (χ0n) is 16.5. The Morgan fingerprint density at radius 1 is 1.20 bits per heavy atom. The topological polar surface area (TPSA) is 114 Å². The Hall–Kier alpha value is -2.94. The van der Waals surface area contributed by atoms with Crippen molar-refractivity contribution in [1.29, 1.82) is 0 Å². The lowest BCUT2D eigenvalue weighted by molar-refractivity contribution is -0.141. The zero-order chi connectivity index (χ0) is 21.4. The van der Waals surface area contributed by atoms with Gasteiger partial charge in [0, 0.05) is 24.4 Å². The molecule has 156 valence electrons. The van der Waals surface area contributed by atoms with Crippen molar-refractivity contribution in [2.75, 3.05) is 18.8 Å². The van der Waals surface area contributed by atoms with Crippen LogP contribution in [0.2, 0.25) is 0 Å². The van der Waals surface area contributed by atoms with Crippen LogP contribution in [0.3, 0.4) is 0 Å². The quantitative estimate of drug-likeness (QED) is 0.801. The molecule has 1 aromatic carbocycles. The molecule has 4 amide bonds. The van der Waals surface area contributed by atoms with E-state index in [0.29, 0.717) is 37.2 Å². The van der Waals surface area contributed by atoms with E-state index in [0.717, 1.165) is 27.6 Å². The smallest absolute Gasteiger partial charge is 0.289 e. The van der Waals surface area contributed by atoms with Gasteiger partial charge in [0.1, 0.15) is 6.04 Å². The molecule has 0 saturated carbocycles. The number of likely N-dealkylation sites (tertiary alicyclic amines) is 1. The molecule has 2 aliphatic heterocycles. The van der Waals surface area contributed by atoms with Crippen LogP contribution in [0.15, 0.2) is 30.3 Å². The van der Waals surface area contributed by atoms with Crippen LogP contribution in [0.25, 0.3) is 10.9 Å². The minimum Gasteiger partial charge on any atom is -0.366 e. The number of carbonyl (C=O) groups excluding carboxylic acids is 4. The molecule has 1 atom stereocenters. The Bertz CT molecular complexity index is 1030. The SMILES string of the molecule is CC(C(=O)N1CCC(c2nc3ccccc3cc2C(N)=O)CC1)N1C(=O)CSC1=O. The molecule has 0 radical (unpaired) electrons. The molecule has 9 heteroatoms. The average Bonchev–Trinajstić information content (AvgIpc) is 3.09. The number of piperidine rings is 1. The second-order valence-corrected chi connectivity index (χ2v) is 8.50. The summed E-state index contributed by atoms with van der Waals surface area (Å²) in [5, 5.41) is 0.483. The number of nitrogens with zero attached hydrogens (tertiary/aromatic N) is 3. The first-order valence-corrected chi connectivity index (χ1v) is 10.8. The summed E-state index contributed by atoms with van der Waals surface area (Å²) in [6.07, 6.45) is 1.25. The molecule has 1 unspecified atom stereocenters. The highest BCUT2D eigenvalue weighted by molar-refractivity contribution is 8.14. The van der Waals surface area contributed by atoms with Gasteiger partial charge in [0.25, 0.3) is 11.1 Å². The monoisotopic (exact) mass is 426 g/mol. The molecule has 0 bridgehead atoms. The normalized spacial score (nSPS) is 18.8. The van der Waals surface area contributed by atoms with Gasteiger partial charge in [-0.1, -0.05) is 30.0 Å². The summed E-state index contributed by atoms with van der Waals surface area (Å²) in [5.41, 5.74) is 7.49. The van der Waals surface area contributed by atoms with Gasteiger partial charge in [-0.2, -0.15) is 0 Å². The van der Waals surface area contributed by atoms with Gasteiger partial charge >= 0.3 is 0 Å². The number of thioether (sulfide) groups is 1. The van der Waals surface area contributed by atoms with Gasteiger partial charge in [-0.3, -0.25) is 29.1 Å². The number of hydrogen-bond acceptors (Lipinski definition) is 6.